The van der Waals surface area contributed by atoms with Gasteiger partial charge in [0, 0.05) is 13.1 Å². The molecule has 2 aromatic rings. The van der Waals surface area contributed by atoms with E-state index in [-0.39, 0.29) is 18.0 Å². The maximum atomic E-state index is 12.4. The first-order valence-corrected chi connectivity index (χ1v) is 11.2. The van der Waals surface area contributed by atoms with E-state index in [1.165, 1.54) is 19.2 Å². The van der Waals surface area contributed by atoms with Gasteiger partial charge in [-0.25, -0.2) is 21.6 Å². The molecule has 0 fully saturated rings. The van der Waals surface area contributed by atoms with Crippen molar-refractivity contribution in [1.29, 1.82) is 0 Å². The number of hydrogen-bond acceptors (Lipinski definition) is 5. The Labute approximate surface area is 154 Å². The van der Waals surface area contributed by atoms with Crippen LogP contribution in [0.2, 0.25) is 0 Å². The van der Waals surface area contributed by atoms with Gasteiger partial charge in [-0.05, 0) is 42.8 Å². The normalized spacial score (nSPS) is 12.0. The van der Waals surface area contributed by atoms with Gasteiger partial charge in [0.25, 0.3) is 0 Å². The molecule has 142 valence electrons. The molecule has 0 amide bonds. The number of nitrogens with one attached hydrogen (secondary N) is 1. The van der Waals surface area contributed by atoms with Crippen molar-refractivity contribution in [2.45, 2.75) is 11.8 Å². The van der Waals surface area contributed by atoms with Gasteiger partial charge in [0.1, 0.15) is 5.75 Å². The molecule has 7 nitrogen and oxygen atoms in total. The van der Waals surface area contributed by atoms with Crippen molar-refractivity contribution >= 4 is 25.7 Å². The molecular weight excluding hydrogens is 376 g/mol. The Bertz CT molecular complexity index is 958. The highest BCUT2D eigenvalue weighted by atomic mass is 32.2. The van der Waals surface area contributed by atoms with E-state index in [0.717, 1.165) is 10.6 Å². The van der Waals surface area contributed by atoms with E-state index >= 15 is 0 Å². The van der Waals surface area contributed by atoms with E-state index < -0.39 is 20.0 Å². The topological polar surface area (TPSA) is 92.8 Å². The molecule has 0 radical (unpaired) electrons. The Kier molecular flexibility index (Phi) is 6.27. The van der Waals surface area contributed by atoms with Crippen molar-refractivity contribution in [3.63, 3.8) is 0 Å². The van der Waals surface area contributed by atoms with E-state index in [4.69, 9.17) is 4.74 Å². The summed E-state index contributed by atoms with van der Waals surface area (Å²) in [4.78, 5) is 0.0985. The summed E-state index contributed by atoms with van der Waals surface area (Å²) in [6, 6.07) is 13.1. The van der Waals surface area contributed by atoms with E-state index in [0.29, 0.717) is 17.0 Å². The Morgan fingerprint density at radius 2 is 1.69 bits per heavy atom. The number of aryl methyl sites for hydroxylation is 1. The smallest absolute Gasteiger partial charge is 0.240 e. The van der Waals surface area contributed by atoms with Crippen molar-refractivity contribution in [2.75, 3.05) is 30.8 Å². The third-order valence-electron chi connectivity index (χ3n) is 3.73. The number of hydrogen-bond donors (Lipinski definition) is 1. The van der Waals surface area contributed by atoms with Crippen LogP contribution in [0.4, 0.5) is 5.69 Å². The molecule has 2 rings (SSSR count). The first kappa shape index (κ1) is 20.2. The first-order valence-electron chi connectivity index (χ1n) is 7.82. The highest BCUT2D eigenvalue weighted by Crippen LogP contribution is 2.21. The van der Waals surface area contributed by atoms with E-state index in [2.05, 4.69) is 4.72 Å². The van der Waals surface area contributed by atoms with Crippen LogP contribution in [0.3, 0.4) is 0 Å². The molecular formula is C17H22N2O5S2. The maximum absolute atomic E-state index is 12.4. The lowest BCUT2D eigenvalue weighted by Gasteiger charge is -2.22. The number of nitrogens with zero attached hydrogens (tertiary/aromatic N) is 1. The first-order chi connectivity index (χ1) is 12.1. The van der Waals surface area contributed by atoms with Gasteiger partial charge >= 0.3 is 0 Å². The number of benzene rings is 2. The van der Waals surface area contributed by atoms with E-state index in [1.54, 1.807) is 43.3 Å². The summed E-state index contributed by atoms with van der Waals surface area (Å²) in [5.41, 5.74) is 1.17. The van der Waals surface area contributed by atoms with Crippen LogP contribution in [0.25, 0.3) is 0 Å². The highest BCUT2D eigenvalue weighted by molar-refractivity contribution is 7.92. The van der Waals surface area contributed by atoms with Gasteiger partial charge in [-0.1, -0.05) is 18.2 Å². The summed E-state index contributed by atoms with van der Waals surface area (Å²) in [6.45, 7) is 1.67. The number of rotatable bonds is 8. The number of methoxy groups -OCH3 is 1. The molecule has 0 saturated carbocycles. The lowest BCUT2D eigenvalue weighted by atomic mass is 10.2. The zero-order valence-corrected chi connectivity index (χ0v) is 16.5. The monoisotopic (exact) mass is 398 g/mol. The molecule has 0 aliphatic rings. The van der Waals surface area contributed by atoms with Crippen molar-refractivity contribution in [1.82, 2.24) is 4.72 Å². The zero-order valence-electron chi connectivity index (χ0n) is 14.8. The zero-order chi connectivity index (χ0) is 19.4. The summed E-state index contributed by atoms with van der Waals surface area (Å²) in [7, 11) is -5.78. The largest absolute Gasteiger partial charge is 0.496 e. The fourth-order valence-electron chi connectivity index (χ4n) is 2.46. The van der Waals surface area contributed by atoms with E-state index in [9.17, 15) is 16.8 Å². The average molecular weight is 399 g/mol. The van der Waals surface area contributed by atoms with Gasteiger partial charge in [-0.2, -0.15) is 0 Å². The van der Waals surface area contributed by atoms with Crippen LogP contribution >= 0.6 is 0 Å². The molecule has 0 heterocycles. The molecule has 0 unspecified atom stereocenters. The predicted octanol–water partition coefficient (Wildman–Crippen LogP) is 1.75. The summed E-state index contributed by atoms with van der Waals surface area (Å²) < 4.78 is 57.6. The molecule has 0 saturated heterocycles. The molecule has 0 aliphatic carbocycles. The predicted molar refractivity (Wildman–Crippen MR) is 102 cm³/mol. The lowest BCUT2D eigenvalue weighted by Crippen LogP contribution is -2.38. The lowest BCUT2D eigenvalue weighted by molar-refractivity contribution is 0.411. The third kappa shape index (κ3) is 4.96. The van der Waals surface area contributed by atoms with Crippen molar-refractivity contribution in [3.05, 3.63) is 54.1 Å². The molecule has 26 heavy (non-hydrogen) atoms. The average Bonchev–Trinajstić information content (AvgIpc) is 2.58. The Hall–Kier alpha value is -2.10. The molecule has 0 atom stereocenters. The molecule has 0 bridgehead atoms. The Balaban J connectivity index is 2.12. The molecule has 0 aromatic heterocycles. The van der Waals surface area contributed by atoms with Crippen molar-refractivity contribution in [2.24, 2.45) is 0 Å². The summed E-state index contributed by atoms with van der Waals surface area (Å²) >= 11 is 0. The molecule has 0 spiro atoms. The van der Waals surface area contributed by atoms with Crippen molar-refractivity contribution < 1.29 is 21.6 Å². The van der Waals surface area contributed by atoms with Crippen LogP contribution < -0.4 is 13.8 Å². The number of para-hydroxylation sites is 1. The summed E-state index contributed by atoms with van der Waals surface area (Å²) in [6.07, 6.45) is 1.08. The summed E-state index contributed by atoms with van der Waals surface area (Å²) in [5, 5.41) is 0. The molecule has 0 aliphatic heterocycles. The third-order valence-corrected chi connectivity index (χ3v) is 6.38. The molecule has 2 aromatic carbocycles. The Morgan fingerprint density at radius 1 is 1.04 bits per heavy atom. The second-order valence-corrected chi connectivity index (χ2v) is 9.37. The molecule has 9 heteroatoms. The summed E-state index contributed by atoms with van der Waals surface area (Å²) in [5.74, 6) is 0.594. The van der Waals surface area contributed by atoms with Gasteiger partial charge in [-0.3, -0.25) is 4.31 Å². The van der Waals surface area contributed by atoms with Gasteiger partial charge < -0.3 is 4.74 Å². The van der Waals surface area contributed by atoms with E-state index in [1.807, 2.05) is 0 Å². The minimum absolute atomic E-state index is 0.0167. The van der Waals surface area contributed by atoms with Crippen molar-refractivity contribution in [3.8, 4) is 5.75 Å². The number of ether oxygens (including phenoxy) is 1. The van der Waals surface area contributed by atoms with Crippen LogP contribution in [0.15, 0.2) is 53.4 Å². The van der Waals surface area contributed by atoms with Gasteiger partial charge in [-0.15, -0.1) is 0 Å². The fraction of sp³-hybridized carbons (Fsp3) is 0.294. The SMILES string of the molecule is COc1ccc(S(=O)(=O)NCCN(c2ccccc2)S(C)(=O)=O)cc1C. The van der Waals surface area contributed by atoms with Gasteiger partial charge in [0.15, 0.2) is 0 Å². The van der Waals surface area contributed by atoms with Crippen LogP contribution in [-0.4, -0.2) is 43.3 Å². The molecule has 1 N–H and O–H groups in total. The van der Waals surface area contributed by atoms with Crippen LogP contribution in [0, 0.1) is 6.92 Å². The highest BCUT2D eigenvalue weighted by Gasteiger charge is 2.19. The van der Waals surface area contributed by atoms with Crippen LogP contribution in [-0.2, 0) is 20.0 Å². The second kappa shape index (κ2) is 8.07. The van der Waals surface area contributed by atoms with Crippen LogP contribution in [0.1, 0.15) is 5.56 Å². The minimum atomic E-state index is -3.76. The number of anilines is 1. The van der Waals surface area contributed by atoms with Gasteiger partial charge in [0.2, 0.25) is 20.0 Å². The second-order valence-electron chi connectivity index (χ2n) is 5.70. The fourth-order valence-corrected chi connectivity index (χ4v) is 4.50. The maximum Gasteiger partial charge on any atom is 0.240 e. The minimum Gasteiger partial charge on any atom is -0.496 e. The van der Waals surface area contributed by atoms with Gasteiger partial charge in [0.05, 0.1) is 23.9 Å². The quantitative estimate of drug-likeness (QED) is 0.731. The standard InChI is InChI=1S/C17H22N2O5S2/c1-14-13-16(9-10-17(14)24-2)26(22,23)18-11-12-19(25(3,20)21)15-7-5-4-6-8-15/h4-10,13,18H,11-12H2,1-3H3. The Morgan fingerprint density at radius 3 is 2.23 bits per heavy atom. The van der Waals surface area contributed by atoms with Crippen LogP contribution in [0.5, 0.6) is 5.75 Å². The number of sulfonamides is 2.